The summed E-state index contributed by atoms with van der Waals surface area (Å²) in [7, 11) is 0. The summed E-state index contributed by atoms with van der Waals surface area (Å²) in [5, 5.41) is 13.7. The number of nitrogens with zero attached hydrogens (tertiary/aromatic N) is 2. The van der Waals surface area contributed by atoms with Gasteiger partial charge >= 0.3 is 0 Å². The normalized spacial score (nSPS) is 15.5. The number of aromatic nitrogens is 2. The van der Waals surface area contributed by atoms with Crippen molar-refractivity contribution >= 4 is 11.6 Å². The van der Waals surface area contributed by atoms with Gasteiger partial charge in [-0.05, 0) is 20.3 Å². The van der Waals surface area contributed by atoms with Crippen molar-refractivity contribution in [3.8, 4) is 0 Å². The van der Waals surface area contributed by atoms with E-state index in [1.54, 1.807) is 10.9 Å². The zero-order valence-corrected chi connectivity index (χ0v) is 9.25. The van der Waals surface area contributed by atoms with E-state index in [9.17, 15) is 0 Å². The molecule has 1 heterocycles. The molecule has 0 aliphatic rings. The minimum absolute atomic E-state index is 0.0267. The summed E-state index contributed by atoms with van der Waals surface area (Å²) < 4.78 is 1.79. The third kappa shape index (κ3) is 2.70. The van der Waals surface area contributed by atoms with Crippen LogP contribution < -0.4 is 5.73 Å². The zero-order chi connectivity index (χ0) is 10.8. The number of hydrogen-bond donors (Lipinski definition) is 2. The van der Waals surface area contributed by atoms with E-state index in [2.05, 4.69) is 5.10 Å². The Hall–Kier alpha value is -0.580. The van der Waals surface area contributed by atoms with Crippen molar-refractivity contribution in [3.63, 3.8) is 0 Å². The van der Waals surface area contributed by atoms with E-state index >= 15 is 0 Å². The molecule has 0 amide bonds. The molecule has 0 aliphatic carbocycles. The predicted molar refractivity (Wildman–Crippen MR) is 56.3 cm³/mol. The van der Waals surface area contributed by atoms with Crippen LogP contribution in [-0.4, -0.2) is 27.0 Å². The van der Waals surface area contributed by atoms with Gasteiger partial charge in [0.05, 0.1) is 23.5 Å². The Morgan fingerprint density at radius 1 is 1.71 bits per heavy atom. The van der Waals surface area contributed by atoms with Crippen molar-refractivity contribution in [2.45, 2.75) is 32.4 Å². The molecule has 0 bridgehead atoms. The summed E-state index contributed by atoms with van der Waals surface area (Å²) in [5.74, 6) is 0. The van der Waals surface area contributed by atoms with Crippen LogP contribution in [0, 0.1) is 6.92 Å². The Morgan fingerprint density at radius 2 is 2.36 bits per heavy atom. The van der Waals surface area contributed by atoms with E-state index in [4.69, 9.17) is 22.4 Å². The molecule has 0 fully saturated rings. The first-order valence-corrected chi connectivity index (χ1v) is 4.92. The molecule has 0 radical (unpaired) electrons. The van der Waals surface area contributed by atoms with E-state index in [0.717, 1.165) is 5.69 Å². The van der Waals surface area contributed by atoms with E-state index in [1.165, 1.54) is 0 Å². The lowest BCUT2D eigenvalue weighted by atomic mass is 10.0. The number of rotatable bonds is 4. The first kappa shape index (κ1) is 11.5. The van der Waals surface area contributed by atoms with Crippen LogP contribution in [0.25, 0.3) is 0 Å². The van der Waals surface area contributed by atoms with Gasteiger partial charge in [-0.3, -0.25) is 4.68 Å². The lowest BCUT2D eigenvalue weighted by molar-refractivity contribution is 0.194. The predicted octanol–water partition coefficient (Wildman–Crippen LogP) is 0.945. The first-order chi connectivity index (χ1) is 6.46. The standard InChI is InChI=1S/C9H16ClN3O/c1-7-8(10)5-12-13(7)4-3-9(2,11)6-14/h5,14H,3-4,6,11H2,1-2H3. The second kappa shape index (κ2) is 4.29. The fourth-order valence-electron chi connectivity index (χ4n) is 1.09. The molecule has 5 heteroatoms. The van der Waals surface area contributed by atoms with Crippen LogP contribution in [0.15, 0.2) is 6.20 Å². The molecule has 14 heavy (non-hydrogen) atoms. The minimum Gasteiger partial charge on any atom is -0.394 e. The molecule has 0 spiro atoms. The highest BCUT2D eigenvalue weighted by Crippen LogP contribution is 2.15. The molecular weight excluding hydrogens is 202 g/mol. The van der Waals surface area contributed by atoms with Gasteiger partial charge in [0.25, 0.3) is 0 Å². The Labute approximate surface area is 88.7 Å². The third-order valence-electron chi connectivity index (χ3n) is 2.30. The summed E-state index contributed by atoms with van der Waals surface area (Å²) in [5.41, 5.74) is 6.18. The lowest BCUT2D eigenvalue weighted by Crippen LogP contribution is -2.41. The van der Waals surface area contributed by atoms with E-state index < -0.39 is 5.54 Å². The second-order valence-electron chi connectivity index (χ2n) is 3.86. The Morgan fingerprint density at radius 3 is 2.79 bits per heavy atom. The monoisotopic (exact) mass is 217 g/mol. The van der Waals surface area contributed by atoms with Crippen molar-refractivity contribution in [2.75, 3.05) is 6.61 Å². The maximum Gasteiger partial charge on any atom is 0.0814 e. The quantitative estimate of drug-likeness (QED) is 0.789. The molecule has 4 nitrogen and oxygen atoms in total. The Kier molecular flexibility index (Phi) is 3.53. The molecule has 0 saturated heterocycles. The van der Waals surface area contributed by atoms with Gasteiger partial charge in [-0.25, -0.2) is 0 Å². The highest BCUT2D eigenvalue weighted by Gasteiger charge is 2.17. The molecule has 1 atom stereocenters. The summed E-state index contributed by atoms with van der Waals surface area (Å²) in [6, 6.07) is 0. The van der Waals surface area contributed by atoms with Crippen LogP contribution in [0.2, 0.25) is 5.02 Å². The Bertz CT molecular complexity index is 309. The molecule has 0 aliphatic heterocycles. The van der Waals surface area contributed by atoms with Gasteiger partial charge in [-0.1, -0.05) is 11.6 Å². The number of aliphatic hydroxyl groups is 1. The van der Waals surface area contributed by atoms with Crippen LogP contribution in [0.1, 0.15) is 19.0 Å². The van der Waals surface area contributed by atoms with E-state index in [1.807, 2.05) is 13.8 Å². The van der Waals surface area contributed by atoms with Crippen LogP contribution >= 0.6 is 11.6 Å². The van der Waals surface area contributed by atoms with Crippen molar-refractivity contribution in [1.29, 1.82) is 0 Å². The van der Waals surface area contributed by atoms with Crippen molar-refractivity contribution in [1.82, 2.24) is 9.78 Å². The average molecular weight is 218 g/mol. The zero-order valence-electron chi connectivity index (χ0n) is 8.50. The van der Waals surface area contributed by atoms with Crippen LogP contribution in [0.4, 0.5) is 0 Å². The maximum absolute atomic E-state index is 8.97. The van der Waals surface area contributed by atoms with Gasteiger partial charge in [0.15, 0.2) is 0 Å². The summed E-state index contributed by atoms with van der Waals surface area (Å²) >= 11 is 5.85. The highest BCUT2D eigenvalue weighted by atomic mass is 35.5. The van der Waals surface area contributed by atoms with Crippen molar-refractivity contribution in [3.05, 3.63) is 16.9 Å². The number of aryl methyl sites for hydroxylation is 1. The second-order valence-corrected chi connectivity index (χ2v) is 4.27. The summed E-state index contributed by atoms with van der Waals surface area (Å²) in [6.07, 6.45) is 2.28. The lowest BCUT2D eigenvalue weighted by Gasteiger charge is -2.21. The summed E-state index contributed by atoms with van der Waals surface area (Å²) in [6.45, 7) is 4.36. The van der Waals surface area contributed by atoms with Gasteiger partial charge in [0.2, 0.25) is 0 Å². The molecular formula is C9H16ClN3O. The number of halogens is 1. The number of hydrogen-bond acceptors (Lipinski definition) is 3. The fraction of sp³-hybridized carbons (Fsp3) is 0.667. The maximum atomic E-state index is 8.97. The SMILES string of the molecule is Cc1c(Cl)cnn1CCC(C)(N)CO. The molecule has 1 aromatic rings. The van der Waals surface area contributed by atoms with Gasteiger partial charge in [0.1, 0.15) is 0 Å². The molecule has 1 aromatic heterocycles. The Balaban J connectivity index is 2.58. The first-order valence-electron chi connectivity index (χ1n) is 4.54. The topological polar surface area (TPSA) is 64.1 Å². The molecule has 0 aromatic carbocycles. The van der Waals surface area contributed by atoms with Crippen molar-refractivity contribution in [2.24, 2.45) is 5.73 Å². The van der Waals surface area contributed by atoms with Crippen LogP contribution in [0.3, 0.4) is 0 Å². The van der Waals surface area contributed by atoms with Gasteiger partial charge in [0, 0.05) is 12.1 Å². The van der Waals surface area contributed by atoms with E-state index in [-0.39, 0.29) is 6.61 Å². The molecule has 1 rings (SSSR count). The smallest absolute Gasteiger partial charge is 0.0814 e. The number of aliphatic hydroxyl groups excluding tert-OH is 1. The minimum atomic E-state index is -0.551. The van der Waals surface area contributed by atoms with Gasteiger partial charge in [-0.15, -0.1) is 0 Å². The van der Waals surface area contributed by atoms with E-state index in [0.29, 0.717) is 18.0 Å². The molecule has 80 valence electrons. The van der Waals surface area contributed by atoms with Gasteiger partial charge < -0.3 is 10.8 Å². The summed E-state index contributed by atoms with van der Waals surface area (Å²) in [4.78, 5) is 0. The molecule has 0 saturated carbocycles. The third-order valence-corrected chi connectivity index (χ3v) is 2.67. The van der Waals surface area contributed by atoms with Crippen LogP contribution in [-0.2, 0) is 6.54 Å². The molecule has 3 N–H and O–H groups in total. The number of nitrogens with two attached hydrogens (primary N) is 1. The largest absolute Gasteiger partial charge is 0.394 e. The van der Waals surface area contributed by atoms with Crippen molar-refractivity contribution < 1.29 is 5.11 Å². The average Bonchev–Trinajstić information content (AvgIpc) is 2.45. The van der Waals surface area contributed by atoms with Gasteiger partial charge in [-0.2, -0.15) is 5.10 Å². The van der Waals surface area contributed by atoms with Crippen LogP contribution in [0.5, 0.6) is 0 Å². The molecule has 1 unspecified atom stereocenters. The highest BCUT2D eigenvalue weighted by molar-refractivity contribution is 6.31. The fourth-order valence-corrected chi connectivity index (χ4v) is 1.23.